The number of ketones is 1. The number of Topliss-reactive ketones (excluding diaryl/α,β-unsaturated/α-hetero) is 1. The first-order valence-corrected chi connectivity index (χ1v) is 37.5. The number of carbonyl (C=O) groups excluding carboxylic acids is 2. The monoisotopic (exact) mass is 1270 g/mol. The molecule has 2 fully saturated rings. The molecule has 17 nitrogen and oxygen atoms in total. The van der Waals surface area contributed by atoms with Crippen molar-refractivity contribution in [3.8, 4) is 44.8 Å². The maximum Gasteiger partial charge on any atom is 0.309 e. The van der Waals surface area contributed by atoms with Crippen molar-refractivity contribution in [2.75, 3.05) is 37.3 Å². The number of halogens is 1. The molecule has 2 aliphatic carbocycles. The molecule has 0 spiro atoms. The van der Waals surface area contributed by atoms with Crippen molar-refractivity contribution in [1.82, 2.24) is 39.2 Å². The van der Waals surface area contributed by atoms with Crippen LogP contribution in [0.5, 0.6) is 0 Å². The predicted molar refractivity (Wildman–Crippen MR) is 349 cm³/mol. The molecule has 3 N–H and O–H groups in total. The van der Waals surface area contributed by atoms with Crippen LogP contribution in [0.2, 0.25) is 51.4 Å². The van der Waals surface area contributed by atoms with Crippen LogP contribution >= 0.6 is 15.9 Å². The normalized spacial score (nSPS) is 19.1. The Labute approximate surface area is 529 Å². The van der Waals surface area contributed by atoms with E-state index >= 15 is 0 Å². The molecule has 86 heavy (non-hydrogen) atoms. The zero-order valence-corrected chi connectivity index (χ0v) is 54.3. The summed E-state index contributed by atoms with van der Waals surface area (Å²) in [7, 11) is -2.68. The Morgan fingerprint density at radius 1 is 0.663 bits per heavy atom. The maximum absolute atomic E-state index is 13.0. The Morgan fingerprint density at radius 3 is 1.56 bits per heavy atom. The van der Waals surface area contributed by atoms with Gasteiger partial charge >= 0.3 is 11.9 Å². The first kappa shape index (κ1) is 51.1. The lowest BCUT2D eigenvalue weighted by molar-refractivity contribution is -0.161. The van der Waals surface area contributed by atoms with Gasteiger partial charge in [-0.1, -0.05) is 112 Å². The molecule has 20 heteroatoms. The van der Waals surface area contributed by atoms with Crippen molar-refractivity contribution in [3.63, 3.8) is 0 Å². The summed E-state index contributed by atoms with van der Waals surface area (Å²) < 4.78 is 104. The Kier molecular flexibility index (Phi) is 16.3. The van der Waals surface area contributed by atoms with Crippen molar-refractivity contribution in [1.29, 1.82) is 0 Å². The SMILES string of the molecule is [2H]c1c([2H])c([2H])c(-c2ccc(-c3cnn4c(N(COCC[Si](C)(C)C)COCC[Si](C)(C)C)c(Br)c(C5CCC(C(=O)OC(C)(C)C)CC5)nc34)cn2)c([2H])c1[2H].[2H]c1c([2H])c([2H])c(-c2ccc(-c3cnn4c(N)c(C(C)=O)c(C5CCC(C(=O)O)CC5)nc34)cn2)c([2H])c1[2H]. The van der Waals surface area contributed by atoms with E-state index in [0.29, 0.717) is 91.0 Å². The lowest BCUT2D eigenvalue weighted by Crippen LogP contribution is -2.34. The number of nitrogens with zero attached hydrogens (tertiary/aromatic N) is 9. The number of nitrogens with two attached hydrogens (primary N) is 1. The molecule has 8 aromatic rings. The maximum atomic E-state index is 13.0. The van der Waals surface area contributed by atoms with E-state index in [0.717, 1.165) is 40.9 Å². The number of ether oxygens (including phenoxy) is 3. The second-order valence-corrected chi connectivity index (χ2v) is 37.6. The van der Waals surface area contributed by atoms with E-state index in [1.54, 1.807) is 36.8 Å². The van der Waals surface area contributed by atoms with Crippen molar-refractivity contribution >= 4 is 72.7 Å². The molecule has 0 atom stereocenters. The third kappa shape index (κ3) is 15.8. The summed E-state index contributed by atoms with van der Waals surface area (Å²) in [6.07, 6.45) is 11.4. The number of hydrogen-bond acceptors (Lipinski definition) is 14. The van der Waals surface area contributed by atoms with Crippen LogP contribution in [0.4, 0.5) is 11.6 Å². The molecule has 6 aromatic heterocycles. The van der Waals surface area contributed by atoms with Gasteiger partial charge in [0, 0.05) is 87.0 Å². The molecule has 2 aliphatic rings. The lowest BCUT2D eigenvalue weighted by Gasteiger charge is -2.32. The largest absolute Gasteiger partial charge is 0.481 e. The van der Waals surface area contributed by atoms with Gasteiger partial charge in [0.15, 0.2) is 22.9 Å². The number of esters is 1. The zero-order valence-electron chi connectivity index (χ0n) is 60.7. The molecule has 0 unspecified atom stereocenters. The average molecular weight is 1270 g/mol. The highest BCUT2D eigenvalue weighted by molar-refractivity contribution is 9.10. The number of anilines is 2. The molecule has 0 amide bonds. The molecule has 2 saturated carbocycles. The third-order valence-electron chi connectivity index (χ3n) is 15.4. The van der Waals surface area contributed by atoms with E-state index in [9.17, 15) is 19.5 Å². The summed E-state index contributed by atoms with van der Waals surface area (Å²) in [6.45, 7) is 22.9. The molecule has 0 radical (unpaired) electrons. The van der Waals surface area contributed by atoms with Gasteiger partial charge in [-0.25, -0.2) is 9.97 Å². The van der Waals surface area contributed by atoms with Crippen LogP contribution in [0.1, 0.15) is 126 Å². The van der Waals surface area contributed by atoms with Crippen LogP contribution in [0, 0.1) is 11.8 Å². The summed E-state index contributed by atoms with van der Waals surface area (Å²) in [5.41, 5.74) is 11.7. The third-order valence-corrected chi connectivity index (χ3v) is 19.6. The minimum atomic E-state index is -1.34. The van der Waals surface area contributed by atoms with E-state index in [4.69, 9.17) is 48.7 Å². The highest BCUT2D eigenvalue weighted by atomic mass is 79.9. The summed E-state index contributed by atoms with van der Waals surface area (Å²) >= 11 is 3.99. The van der Waals surface area contributed by atoms with Crippen molar-refractivity contribution in [2.24, 2.45) is 11.8 Å². The average Bonchev–Trinajstić information content (AvgIpc) is 1.50. The van der Waals surface area contributed by atoms with Gasteiger partial charge in [0.25, 0.3) is 0 Å². The highest BCUT2D eigenvalue weighted by Gasteiger charge is 2.35. The van der Waals surface area contributed by atoms with Gasteiger partial charge in [-0.2, -0.15) is 19.2 Å². The minimum Gasteiger partial charge on any atom is -0.481 e. The standard InChI is InChI=1S/C40H58BrN5O4Si2.C26H25N5O3/c1-40(2,3)50-39(47)31-17-15-30(16-18-31)36-35(41)38(45(27-48-21-23-51(4,5)6)28-49-22-24-52(7,8)9)46-37(44-36)33(26-43-46)32-19-20-34(42-25-32)29-13-11-10-12-14-29;1-15(32)22-23(17-7-9-18(10-8-17)26(33)34)30-25-20(14-29-31(25)24(22)27)19-11-12-21(28-13-19)16-5-3-2-4-6-16/h10-14,19-20,25-26,30-31H,15-18,21-24,27-28H2,1-9H3;2-6,11-14,17-18H,7-10,27H2,1H3,(H,33,34)/i10D,11D,12D,13D,14D;2D,3D,4D,5D,6D. The number of benzene rings is 2. The molecular formula is C66H83BrN10O7Si2. The number of aromatic nitrogens is 8. The molecule has 454 valence electrons. The molecule has 0 aliphatic heterocycles. The summed E-state index contributed by atoms with van der Waals surface area (Å²) in [5, 5.41) is 18.6. The first-order valence-electron chi connectivity index (χ1n) is 34.3. The Balaban J connectivity index is 0.000000241. The molecular weight excluding hydrogens is 1180 g/mol. The molecule has 0 saturated heterocycles. The number of pyridine rings is 2. The number of aliphatic carboxylic acids is 1. The van der Waals surface area contributed by atoms with Crippen LogP contribution in [0.3, 0.4) is 0 Å². The van der Waals surface area contributed by atoms with Gasteiger partial charge in [0.2, 0.25) is 0 Å². The number of fused-ring (bicyclic) bond motifs is 2. The summed E-state index contributed by atoms with van der Waals surface area (Å²) in [4.78, 5) is 58.2. The fraction of sp³-hybridized carbons (Fsp3) is 0.439. The van der Waals surface area contributed by atoms with Crippen molar-refractivity contribution in [3.05, 3.63) is 131 Å². The van der Waals surface area contributed by atoms with E-state index in [1.807, 2.05) is 31.4 Å². The fourth-order valence-electron chi connectivity index (χ4n) is 10.6. The summed E-state index contributed by atoms with van der Waals surface area (Å²) in [5.74, 6) is -0.981. The van der Waals surface area contributed by atoms with E-state index in [1.165, 1.54) is 17.6 Å². The van der Waals surface area contributed by atoms with Gasteiger partial charge in [-0.15, -0.1) is 0 Å². The van der Waals surface area contributed by atoms with Gasteiger partial charge in [-0.05, 0) is 119 Å². The van der Waals surface area contributed by atoms with Crippen LogP contribution in [-0.2, 0) is 23.8 Å². The Hall–Kier alpha value is -6.98. The van der Waals surface area contributed by atoms with Crippen LogP contribution < -0.4 is 10.6 Å². The first-order chi connectivity index (χ1) is 45.1. The molecule has 2 aromatic carbocycles. The van der Waals surface area contributed by atoms with Crippen LogP contribution in [0.25, 0.3) is 56.1 Å². The predicted octanol–water partition coefficient (Wildman–Crippen LogP) is 14.9. The van der Waals surface area contributed by atoms with E-state index < -0.39 is 69.9 Å². The van der Waals surface area contributed by atoms with Gasteiger partial charge in [0.1, 0.15) is 24.9 Å². The Bertz CT molecular complexity index is 4170. The Morgan fingerprint density at radius 2 is 1.12 bits per heavy atom. The van der Waals surface area contributed by atoms with Gasteiger partial charge in [-0.3, -0.25) is 24.4 Å². The van der Waals surface area contributed by atoms with E-state index in [-0.39, 0.29) is 101 Å². The number of hydrogen-bond donors (Lipinski definition) is 2. The number of nitrogen functional groups attached to an aromatic ring is 1. The molecule has 6 heterocycles. The number of rotatable bonds is 20. The lowest BCUT2D eigenvalue weighted by atomic mass is 9.79. The van der Waals surface area contributed by atoms with Gasteiger partial charge in [0.05, 0.1) is 70.7 Å². The van der Waals surface area contributed by atoms with Gasteiger partial charge < -0.3 is 30.0 Å². The quantitative estimate of drug-likeness (QED) is 0.0239. The zero-order chi connectivity index (χ0) is 70.2. The van der Waals surface area contributed by atoms with Crippen LogP contribution in [0.15, 0.2) is 114 Å². The van der Waals surface area contributed by atoms with Crippen molar-refractivity contribution in [2.45, 2.75) is 148 Å². The topological polar surface area (TPSA) is 215 Å². The minimum absolute atomic E-state index is 0.000124. The molecule has 10 rings (SSSR count). The summed E-state index contributed by atoms with van der Waals surface area (Å²) in [6, 6.07) is 4.85. The second-order valence-electron chi connectivity index (χ2n) is 25.6. The smallest absolute Gasteiger partial charge is 0.309 e. The number of carboxylic acid groups (broad SMARTS) is 1. The highest BCUT2D eigenvalue weighted by Crippen LogP contribution is 2.44. The number of carbonyl (C=O) groups is 3. The van der Waals surface area contributed by atoms with E-state index in [2.05, 4.69) is 75.2 Å². The fourth-order valence-corrected chi connectivity index (χ4v) is 13.0. The van der Waals surface area contributed by atoms with Crippen LogP contribution in [-0.4, -0.2) is 110 Å². The van der Waals surface area contributed by atoms with Crippen molar-refractivity contribution < 1.29 is 47.4 Å². The molecule has 0 bridgehead atoms. The number of carboxylic acids is 1. The second kappa shape index (κ2) is 27.4.